The number of phenolic OH excluding ortho intramolecular Hbond substituents is 1. The first-order valence-electron chi connectivity index (χ1n) is 6.63. The predicted molar refractivity (Wildman–Crippen MR) is 73.3 cm³/mol. The molecule has 2 N–H and O–H groups in total. The number of carbonyl (C=O) groups is 2. The molecule has 1 atom stereocenters. The fourth-order valence-corrected chi connectivity index (χ4v) is 2.02. The van der Waals surface area contributed by atoms with Crippen molar-refractivity contribution in [3.05, 3.63) is 29.8 Å². The summed E-state index contributed by atoms with van der Waals surface area (Å²) in [6.45, 7) is 1.23. The summed E-state index contributed by atoms with van der Waals surface area (Å²) in [6.07, 6.45) is 1.83. The first-order valence-corrected chi connectivity index (χ1v) is 6.63. The van der Waals surface area contributed by atoms with E-state index in [1.54, 1.807) is 6.92 Å². The summed E-state index contributed by atoms with van der Waals surface area (Å²) < 4.78 is 4.88. The van der Waals surface area contributed by atoms with Gasteiger partial charge in [-0.2, -0.15) is 5.26 Å². The minimum absolute atomic E-state index is 0.0403. The minimum Gasteiger partial charge on any atom is -0.508 e. The Bertz CT molecular complexity index is 587. The molecule has 0 aliphatic heterocycles. The largest absolute Gasteiger partial charge is 0.508 e. The highest BCUT2D eigenvalue weighted by Crippen LogP contribution is 2.39. The van der Waals surface area contributed by atoms with Gasteiger partial charge in [0.1, 0.15) is 11.3 Å². The first kappa shape index (κ1) is 14.9. The van der Waals surface area contributed by atoms with Crippen LogP contribution < -0.4 is 5.32 Å². The van der Waals surface area contributed by atoms with Crippen LogP contribution in [0.5, 0.6) is 5.75 Å². The monoisotopic (exact) mass is 288 g/mol. The second-order valence-corrected chi connectivity index (χ2v) is 5.26. The average molecular weight is 288 g/mol. The number of nitrogens with one attached hydrogen (secondary N) is 1. The number of carbonyl (C=O) groups excluding carboxylic acids is 2. The van der Waals surface area contributed by atoms with Gasteiger partial charge in [-0.25, -0.2) is 4.79 Å². The highest BCUT2D eigenvalue weighted by molar-refractivity contribution is 5.91. The molecule has 0 aromatic heterocycles. The number of phenols is 1. The molecule has 0 radical (unpaired) electrons. The van der Waals surface area contributed by atoms with Gasteiger partial charge < -0.3 is 15.2 Å². The van der Waals surface area contributed by atoms with Gasteiger partial charge in [-0.3, -0.25) is 4.79 Å². The zero-order valence-corrected chi connectivity index (χ0v) is 11.6. The summed E-state index contributed by atoms with van der Waals surface area (Å²) in [5, 5.41) is 20.9. The van der Waals surface area contributed by atoms with Crippen LogP contribution >= 0.6 is 0 Å². The number of ether oxygens (including phenoxy) is 1. The van der Waals surface area contributed by atoms with E-state index < -0.39 is 24.0 Å². The normalized spacial score (nSPS) is 16.4. The molecule has 110 valence electrons. The van der Waals surface area contributed by atoms with Crippen molar-refractivity contribution >= 4 is 11.9 Å². The molecule has 0 heterocycles. The van der Waals surface area contributed by atoms with Crippen molar-refractivity contribution in [2.45, 2.75) is 25.3 Å². The van der Waals surface area contributed by atoms with E-state index in [-0.39, 0.29) is 17.2 Å². The SMILES string of the molecule is C[C@](C#N)(NC(=O)COC(=O)c1ccc(O)cc1)C1CC1. The van der Waals surface area contributed by atoms with Crippen LogP contribution in [0.2, 0.25) is 0 Å². The second kappa shape index (κ2) is 5.83. The number of hydrogen-bond acceptors (Lipinski definition) is 5. The molecule has 1 amide bonds. The van der Waals surface area contributed by atoms with Crippen LogP contribution in [0.25, 0.3) is 0 Å². The predicted octanol–water partition coefficient (Wildman–Crippen LogP) is 1.36. The fraction of sp³-hybridized carbons (Fsp3) is 0.400. The van der Waals surface area contributed by atoms with Gasteiger partial charge in [-0.05, 0) is 49.9 Å². The molecule has 1 fully saturated rings. The Hall–Kier alpha value is -2.55. The number of aromatic hydroxyl groups is 1. The van der Waals surface area contributed by atoms with E-state index in [2.05, 4.69) is 11.4 Å². The minimum atomic E-state index is -0.901. The lowest BCUT2D eigenvalue weighted by molar-refractivity contribution is -0.125. The number of nitriles is 1. The van der Waals surface area contributed by atoms with Gasteiger partial charge in [0.15, 0.2) is 6.61 Å². The number of esters is 1. The van der Waals surface area contributed by atoms with Crippen molar-refractivity contribution < 1.29 is 19.4 Å². The van der Waals surface area contributed by atoms with E-state index in [4.69, 9.17) is 15.1 Å². The van der Waals surface area contributed by atoms with Crippen LogP contribution in [0.3, 0.4) is 0 Å². The van der Waals surface area contributed by atoms with Crippen LogP contribution in [0.15, 0.2) is 24.3 Å². The quantitative estimate of drug-likeness (QED) is 0.797. The Kier molecular flexibility index (Phi) is 4.13. The summed E-state index contributed by atoms with van der Waals surface area (Å²) in [4.78, 5) is 23.5. The third-order valence-electron chi connectivity index (χ3n) is 3.46. The summed E-state index contributed by atoms with van der Waals surface area (Å²) in [5.41, 5.74) is -0.659. The standard InChI is InChI=1S/C15H16N2O4/c1-15(9-16,11-4-5-11)17-13(19)8-21-14(20)10-2-6-12(18)7-3-10/h2-3,6-7,11,18H,4-5,8H2,1H3,(H,17,19)/t15-/m1/s1. The van der Waals surface area contributed by atoms with Crippen molar-refractivity contribution in [3.63, 3.8) is 0 Å². The van der Waals surface area contributed by atoms with Crippen molar-refractivity contribution in [1.82, 2.24) is 5.32 Å². The van der Waals surface area contributed by atoms with Crippen molar-refractivity contribution in [1.29, 1.82) is 5.26 Å². The lowest BCUT2D eigenvalue weighted by atomic mass is 9.98. The maximum absolute atomic E-state index is 11.8. The van der Waals surface area contributed by atoms with Gasteiger partial charge >= 0.3 is 5.97 Å². The second-order valence-electron chi connectivity index (χ2n) is 5.26. The van der Waals surface area contributed by atoms with E-state index in [0.29, 0.717) is 0 Å². The van der Waals surface area contributed by atoms with Gasteiger partial charge in [0.25, 0.3) is 5.91 Å². The van der Waals surface area contributed by atoms with Crippen molar-refractivity contribution in [2.75, 3.05) is 6.61 Å². The highest BCUT2D eigenvalue weighted by atomic mass is 16.5. The van der Waals surface area contributed by atoms with E-state index in [9.17, 15) is 9.59 Å². The number of amides is 1. The molecule has 0 spiro atoms. The summed E-state index contributed by atoms with van der Waals surface area (Å²) >= 11 is 0. The Morgan fingerprint density at radius 1 is 1.43 bits per heavy atom. The molecule has 1 aliphatic rings. The van der Waals surface area contributed by atoms with Crippen LogP contribution in [-0.4, -0.2) is 29.1 Å². The maximum Gasteiger partial charge on any atom is 0.338 e. The molecule has 1 aliphatic carbocycles. The highest BCUT2D eigenvalue weighted by Gasteiger charge is 2.43. The molecule has 1 aromatic rings. The van der Waals surface area contributed by atoms with Gasteiger partial charge in [0.05, 0.1) is 11.6 Å². The van der Waals surface area contributed by atoms with E-state index in [0.717, 1.165) is 12.8 Å². The Balaban J connectivity index is 1.85. The smallest absolute Gasteiger partial charge is 0.338 e. The molecule has 0 bridgehead atoms. The van der Waals surface area contributed by atoms with Gasteiger partial charge in [0, 0.05) is 0 Å². The molecular formula is C15H16N2O4. The van der Waals surface area contributed by atoms with Gasteiger partial charge in [0.2, 0.25) is 0 Å². The number of benzene rings is 1. The van der Waals surface area contributed by atoms with Crippen molar-refractivity contribution in [3.8, 4) is 11.8 Å². The van der Waals surface area contributed by atoms with Crippen LogP contribution in [0.1, 0.15) is 30.1 Å². The third-order valence-corrected chi connectivity index (χ3v) is 3.46. The molecular weight excluding hydrogens is 272 g/mol. The van der Waals surface area contributed by atoms with E-state index in [1.165, 1.54) is 24.3 Å². The molecule has 6 nitrogen and oxygen atoms in total. The molecule has 1 saturated carbocycles. The molecule has 6 heteroatoms. The number of rotatable bonds is 5. The maximum atomic E-state index is 11.8. The summed E-state index contributed by atoms with van der Waals surface area (Å²) in [6, 6.07) is 7.62. The molecule has 0 saturated heterocycles. The third kappa shape index (κ3) is 3.72. The molecule has 0 unspecified atom stereocenters. The summed E-state index contributed by atoms with van der Waals surface area (Å²) in [7, 11) is 0. The Morgan fingerprint density at radius 3 is 2.57 bits per heavy atom. The molecule has 2 rings (SSSR count). The topological polar surface area (TPSA) is 99.4 Å². The average Bonchev–Trinajstić information content (AvgIpc) is 3.30. The lowest BCUT2D eigenvalue weighted by Gasteiger charge is -2.22. The Morgan fingerprint density at radius 2 is 2.05 bits per heavy atom. The zero-order valence-electron chi connectivity index (χ0n) is 11.6. The Labute approximate surface area is 122 Å². The molecule has 21 heavy (non-hydrogen) atoms. The number of nitrogens with zero attached hydrogens (tertiary/aromatic N) is 1. The van der Waals surface area contributed by atoms with Gasteiger partial charge in [-0.15, -0.1) is 0 Å². The zero-order chi connectivity index (χ0) is 15.5. The summed E-state index contributed by atoms with van der Waals surface area (Å²) in [5.74, 6) is -0.953. The van der Waals surface area contributed by atoms with E-state index >= 15 is 0 Å². The van der Waals surface area contributed by atoms with Crippen LogP contribution in [0.4, 0.5) is 0 Å². The van der Waals surface area contributed by atoms with Gasteiger partial charge in [-0.1, -0.05) is 0 Å². The van der Waals surface area contributed by atoms with Crippen LogP contribution in [-0.2, 0) is 9.53 Å². The van der Waals surface area contributed by atoms with Crippen LogP contribution in [0, 0.1) is 17.2 Å². The fourth-order valence-electron chi connectivity index (χ4n) is 2.02. The number of hydrogen-bond donors (Lipinski definition) is 2. The van der Waals surface area contributed by atoms with Crippen molar-refractivity contribution in [2.24, 2.45) is 5.92 Å². The molecule has 1 aromatic carbocycles. The van der Waals surface area contributed by atoms with E-state index in [1.807, 2.05) is 0 Å². The lowest BCUT2D eigenvalue weighted by Crippen LogP contribution is -2.48. The first-order chi connectivity index (χ1) is 9.94.